The first-order chi connectivity index (χ1) is 8.47. The number of carbonyl (C=O) groups excluding carboxylic acids is 1. The molecule has 5 heteroatoms. The van der Waals surface area contributed by atoms with Crippen LogP contribution in [-0.4, -0.2) is 18.5 Å². The predicted molar refractivity (Wildman–Crippen MR) is 72.1 cm³/mol. The Balaban J connectivity index is 3.06. The molecule has 0 heterocycles. The maximum Gasteiger partial charge on any atom is 0.248 e. The van der Waals surface area contributed by atoms with Crippen molar-refractivity contribution < 1.29 is 4.79 Å². The molecule has 0 bridgehead atoms. The summed E-state index contributed by atoms with van der Waals surface area (Å²) in [6.07, 6.45) is 0.426. The Morgan fingerprint density at radius 1 is 1.50 bits per heavy atom. The zero-order valence-electron chi connectivity index (χ0n) is 10.7. The van der Waals surface area contributed by atoms with Crippen LogP contribution in [0.4, 0.5) is 11.4 Å². The SMILES string of the molecule is CC(C)N(CCC#N)c1ccc(C(N)=O)cc1N. The van der Waals surface area contributed by atoms with Crippen molar-refractivity contribution in [2.75, 3.05) is 17.2 Å². The minimum Gasteiger partial charge on any atom is -0.397 e. The number of amides is 1. The minimum absolute atomic E-state index is 0.222. The molecule has 0 aliphatic heterocycles. The van der Waals surface area contributed by atoms with Crippen molar-refractivity contribution in [2.24, 2.45) is 5.73 Å². The number of rotatable bonds is 5. The highest BCUT2D eigenvalue weighted by atomic mass is 16.1. The summed E-state index contributed by atoms with van der Waals surface area (Å²) < 4.78 is 0. The first kappa shape index (κ1) is 13.8. The second-order valence-electron chi connectivity index (χ2n) is 4.33. The van der Waals surface area contributed by atoms with Gasteiger partial charge in [-0.1, -0.05) is 0 Å². The molecular formula is C13H18N4O. The van der Waals surface area contributed by atoms with Gasteiger partial charge in [-0.15, -0.1) is 0 Å². The zero-order valence-corrected chi connectivity index (χ0v) is 10.7. The number of anilines is 2. The van der Waals surface area contributed by atoms with E-state index in [9.17, 15) is 4.79 Å². The van der Waals surface area contributed by atoms with Gasteiger partial charge in [-0.2, -0.15) is 5.26 Å². The molecule has 0 saturated carbocycles. The highest BCUT2D eigenvalue weighted by molar-refractivity contribution is 5.94. The summed E-state index contributed by atoms with van der Waals surface area (Å²) in [6, 6.07) is 7.33. The van der Waals surface area contributed by atoms with Gasteiger partial charge < -0.3 is 16.4 Å². The van der Waals surface area contributed by atoms with Crippen molar-refractivity contribution in [3.8, 4) is 6.07 Å². The van der Waals surface area contributed by atoms with Gasteiger partial charge in [0.15, 0.2) is 0 Å². The molecular weight excluding hydrogens is 228 g/mol. The van der Waals surface area contributed by atoms with Crippen molar-refractivity contribution in [3.63, 3.8) is 0 Å². The van der Waals surface area contributed by atoms with E-state index < -0.39 is 5.91 Å². The van der Waals surface area contributed by atoms with Gasteiger partial charge in [0.05, 0.1) is 23.9 Å². The second-order valence-corrected chi connectivity index (χ2v) is 4.33. The van der Waals surface area contributed by atoms with Gasteiger partial charge in [0.2, 0.25) is 5.91 Å². The van der Waals surface area contributed by atoms with E-state index in [1.54, 1.807) is 18.2 Å². The molecule has 0 fully saturated rings. The third kappa shape index (κ3) is 3.14. The average Bonchev–Trinajstić information content (AvgIpc) is 2.30. The monoisotopic (exact) mass is 246 g/mol. The van der Waals surface area contributed by atoms with Gasteiger partial charge in [-0.05, 0) is 32.0 Å². The molecule has 1 aromatic carbocycles. The van der Waals surface area contributed by atoms with Crippen LogP contribution in [0.15, 0.2) is 18.2 Å². The van der Waals surface area contributed by atoms with Crippen LogP contribution in [0.1, 0.15) is 30.6 Å². The Morgan fingerprint density at radius 2 is 2.17 bits per heavy atom. The summed E-state index contributed by atoms with van der Waals surface area (Å²) in [4.78, 5) is 13.1. The molecule has 0 radical (unpaired) electrons. The van der Waals surface area contributed by atoms with Crippen LogP contribution in [0, 0.1) is 11.3 Å². The zero-order chi connectivity index (χ0) is 13.7. The van der Waals surface area contributed by atoms with Gasteiger partial charge in [0.25, 0.3) is 0 Å². The summed E-state index contributed by atoms with van der Waals surface area (Å²) in [5.41, 5.74) is 12.8. The Morgan fingerprint density at radius 3 is 2.61 bits per heavy atom. The van der Waals surface area contributed by atoms with Crippen LogP contribution in [-0.2, 0) is 0 Å². The van der Waals surface area contributed by atoms with Crippen LogP contribution < -0.4 is 16.4 Å². The maximum atomic E-state index is 11.1. The second kappa shape index (κ2) is 5.92. The number of nitrogen functional groups attached to an aromatic ring is 1. The Kier molecular flexibility index (Phi) is 4.55. The number of nitrogens with zero attached hydrogens (tertiary/aromatic N) is 2. The quantitative estimate of drug-likeness (QED) is 0.769. The fourth-order valence-corrected chi connectivity index (χ4v) is 1.80. The molecule has 4 N–H and O–H groups in total. The lowest BCUT2D eigenvalue weighted by molar-refractivity contribution is 0.100. The summed E-state index contributed by atoms with van der Waals surface area (Å²) in [5.74, 6) is -0.499. The van der Waals surface area contributed by atoms with E-state index in [1.165, 1.54) is 0 Å². The molecule has 0 aromatic heterocycles. The van der Waals surface area contributed by atoms with Gasteiger partial charge >= 0.3 is 0 Å². The number of hydrogen-bond acceptors (Lipinski definition) is 4. The first-order valence-electron chi connectivity index (χ1n) is 5.80. The van der Waals surface area contributed by atoms with Crippen molar-refractivity contribution in [3.05, 3.63) is 23.8 Å². The van der Waals surface area contributed by atoms with Crippen LogP contribution in [0.5, 0.6) is 0 Å². The Labute approximate surface area is 107 Å². The Bertz CT molecular complexity index is 476. The topological polar surface area (TPSA) is 96.1 Å². The number of primary amides is 1. The van der Waals surface area contributed by atoms with E-state index in [1.807, 2.05) is 18.7 Å². The number of nitrogens with two attached hydrogens (primary N) is 2. The fourth-order valence-electron chi connectivity index (χ4n) is 1.80. The molecule has 96 valence electrons. The number of benzene rings is 1. The molecule has 1 rings (SSSR count). The molecule has 18 heavy (non-hydrogen) atoms. The Hall–Kier alpha value is -2.22. The largest absolute Gasteiger partial charge is 0.397 e. The smallest absolute Gasteiger partial charge is 0.248 e. The third-order valence-corrected chi connectivity index (χ3v) is 2.71. The van der Waals surface area contributed by atoms with Gasteiger partial charge in [-0.25, -0.2) is 0 Å². The molecule has 1 aromatic rings. The van der Waals surface area contributed by atoms with Crippen LogP contribution >= 0.6 is 0 Å². The van der Waals surface area contributed by atoms with Crippen molar-refractivity contribution in [2.45, 2.75) is 26.3 Å². The molecule has 0 aliphatic rings. The lowest BCUT2D eigenvalue weighted by Gasteiger charge is -2.29. The van der Waals surface area contributed by atoms with E-state index in [4.69, 9.17) is 16.7 Å². The summed E-state index contributed by atoms with van der Waals surface area (Å²) in [5, 5.41) is 8.66. The third-order valence-electron chi connectivity index (χ3n) is 2.71. The predicted octanol–water partition coefficient (Wildman–Crippen LogP) is 1.50. The average molecular weight is 246 g/mol. The number of carbonyl (C=O) groups is 1. The molecule has 0 atom stereocenters. The lowest BCUT2D eigenvalue weighted by atomic mass is 10.1. The van der Waals surface area contributed by atoms with E-state index in [2.05, 4.69) is 6.07 Å². The van der Waals surface area contributed by atoms with Crippen molar-refractivity contribution in [1.29, 1.82) is 5.26 Å². The summed E-state index contributed by atoms with van der Waals surface area (Å²) in [6.45, 7) is 4.66. The highest BCUT2D eigenvalue weighted by Gasteiger charge is 2.14. The van der Waals surface area contributed by atoms with E-state index in [0.717, 1.165) is 5.69 Å². The van der Waals surface area contributed by atoms with Crippen molar-refractivity contribution in [1.82, 2.24) is 0 Å². The lowest BCUT2D eigenvalue weighted by Crippen LogP contribution is -2.32. The van der Waals surface area contributed by atoms with Gasteiger partial charge in [0.1, 0.15) is 0 Å². The van der Waals surface area contributed by atoms with Gasteiger partial charge in [-0.3, -0.25) is 4.79 Å². The van der Waals surface area contributed by atoms with Crippen LogP contribution in [0.3, 0.4) is 0 Å². The molecule has 1 amide bonds. The first-order valence-corrected chi connectivity index (χ1v) is 5.80. The molecule has 0 spiro atoms. The van der Waals surface area contributed by atoms with Crippen LogP contribution in [0.2, 0.25) is 0 Å². The maximum absolute atomic E-state index is 11.1. The number of nitriles is 1. The number of hydrogen-bond donors (Lipinski definition) is 2. The van der Waals surface area contributed by atoms with Gasteiger partial charge in [0, 0.05) is 18.2 Å². The van der Waals surface area contributed by atoms with Crippen LogP contribution in [0.25, 0.3) is 0 Å². The molecule has 0 saturated heterocycles. The summed E-state index contributed by atoms with van der Waals surface area (Å²) >= 11 is 0. The molecule has 0 unspecified atom stereocenters. The molecule has 5 nitrogen and oxygen atoms in total. The fraction of sp³-hybridized carbons (Fsp3) is 0.385. The minimum atomic E-state index is -0.499. The van der Waals surface area contributed by atoms with E-state index in [-0.39, 0.29) is 6.04 Å². The standard InChI is InChI=1S/C13H18N4O/c1-9(2)17(7-3-6-14)12-5-4-10(13(16)18)8-11(12)15/h4-5,8-9H,3,7,15H2,1-2H3,(H2,16,18). The summed E-state index contributed by atoms with van der Waals surface area (Å²) in [7, 11) is 0. The normalized spacial score (nSPS) is 10.1. The highest BCUT2D eigenvalue weighted by Crippen LogP contribution is 2.26. The van der Waals surface area contributed by atoms with E-state index >= 15 is 0 Å². The van der Waals surface area contributed by atoms with Crippen molar-refractivity contribution >= 4 is 17.3 Å². The molecule has 0 aliphatic carbocycles. The van der Waals surface area contributed by atoms with E-state index in [0.29, 0.717) is 24.2 Å².